The Morgan fingerprint density at radius 1 is 1.10 bits per heavy atom. The minimum absolute atomic E-state index is 0.274. The maximum Gasteiger partial charge on any atom is 0.225 e. The van der Waals surface area contributed by atoms with Crippen LogP contribution < -0.4 is 10.6 Å². The summed E-state index contributed by atoms with van der Waals surface area (Å²) in [4.78, 5) is 21.8. The summed E-state index contributed by atoms with van der Waals surface area (Å²) in [5.41, 5.74) is 0. The van der Waals surface area contributed by atoms with Crippen LogP contribution in [0.5, 0.6) is 0 Å². The number of carbonyl (C=O) groups is 1. The molecule has 0 aromatic carbocycles. The first kappa shape index (κ1) is 23.3. The van der Waals surface area contributed by atoms with Gasteiger partial charge < -0.3 is 20.3 Å². The molecule has 1 saturated carbocycles. The van der Waals surface area contributed by atoms with Gasteiger partial charge in [0.05, 0.1) is 13.2 Å². The molecule has 1 amide bonds. The number of morpholine rings is 1. The predicted octanol–water partition coefficient (Wildman–Crippen LogP) is 2.08. The Balaban J connectivity index is 1.49. The first-order valence-electron chi connectivity index (χ1n) is 12.2. The minimum atomic E-state index is 0.274. The van der Waals surface area contributed by atoms with Crippen LogP contribution in [0, 0.1) is 11.8 Å². The van der Waals surface area contributed by atoms with Crippen molar-refractivity contribution in [1.29, 1.82) is 0 Å². The lowest BCUT2D eigenvalue weighted by molar-refractivity contribution is -0.134. The van der Waals surface area contributed by atoms with Crippen LogP contribution in [0.4, 0.5) is 0 Å². The maximum atomic E-state index is 12.7. The number of rotatable bonds is 8. The van der Waals surface area contributed by atoms with E-state index in [0.29, 0.717) is 17.9 Å². The van der Waals surface area contributed by atoms with Gasteiger partial charge in [0, 0.05) is 57.8 Å². The van der Waals surface area contributed by atoms with E-state index in [4.69, 9.17) is 4.74 Å². The van der Waals surface area contributed by atoms with Crippen molar-refractivity contribution in [3.05, 3.63) is 0 Å². The maximum absolute atomic E-state index is 12.7. The van der Waals surface area contributed by atoms with Crippen LogP contribution in [-0.4, -0.2) is 86.7 Å². The molecule has 0 bridgehead atoms. The molecule has 3 rings (SSSR count). The number of likely N-dealkylation sites (tertiary alicyclic amines) is 1. The van der Waals surface area contributed by atoms with Gasteiger partial charge in [0.1, 0.15) is 0 Å². The second-order valence-corrected chi connectivity index (χ2v) is 9.14. The van der Waals surface area contributed by atoms with Crippen LogP contribution in [0.25, 0.3) is 0 Å². The van der Waals surface area contributed by atoms with Gasteiger partial charge in [-0.1, -0.05) is 39.5 Å². The van der Waals surface area contributed by atoms with Crippen molar-refractivity contribution in [3.63, 3.8) is 0 Å². The third-order valence-corrected chi connectivity index (χ3v) is 7.36. The number of nitrogens with one attached hydrogen (secondary N) is 2. The van der Waals surface area contributed by atoms with E-state index >= 15 is 0 Å². The van der Waals surface area contributed by atoms with Gasteiger partial charge in [0.2, 0.25) is 5.91 Å². The van der Waals surface area contributed by atoms with Crippen LogP contribution in [-0.2, 0) is 9.53 Å². The summed E-state index contributed by atoms with van der Waals surface area (Å²) >= 11 is 0. The summed E-state index contributed by atoms with van der Waals surface area (Å²) in [5, 5.41) is 7.17. The highest BCUT2D eigenvalue weighted by Crippen LogP contribution is 2.28. The summed E-state index contributed by atoms with van der Waals surface area (Å²) in [7, 11) is 1.84. The zero-order valence-corrected chi connectivity index (χ0v) is 19.4. The zero-order chi connectivity index (χ0) is 21.3. The number of nitrogens with zero attached hydrogens (tertiary/aromatic N) is 3. The zero-order valence-electron chi connectivity index (χ0n) is 19.4. The molecule has 7 nitrogen and oxygen atoms in total. The fraction of sp³-hybridized carbons (Fsp3) is 0.913. The lowest BCUT2D eigenvalue weighted by Gasteiger charge is -2.39. The average molecular weight is 422 g/mol. The quantitative estimate of drug-likeness (QED) is 0.464. The molecule has 2 unspecified atom stereocenters. The molecule has 1 aliphatic carbocycles. The Morgan fingerprint density at radius 3 is 2.43 bits per heavy atom. The predicted molar refractivity (Wildman–Crippen MR) is 122 cm³/mol. The number of guanidine groups is 1. The fourth-order valence-electron chi connectivity index (χ4n) is 5.43. The smallest absolute Gasteiger partial charge is 0.225 e. The second kappa shape index (κ2) is 11.9. The van der Waals surface area contributed by atoms with Crippen molar-refractivity contribution in [2.24, 2.45) is 16.8 Å². The van der Waals surface area contributed by atoms with Gasteiger partial charge in [-0.25, -0.2) is 0 Å². The first-order valence-corrected chi connectivity index (χ1v) is 12.2. The number of hydrogen-bond donors (Lipinski definition) is 2. The minimum Gasteiger partial charge on any atom is -0.379 e. The molecule has 2 saturated heterocycles. The fourth-order valence-corrected chi connectivity index (χ4v) is 5.43. The van der Waals surface area contributed by atoms with E-state index in [1.807, 2.05) is 7.05 Å². The molecule has 0 aromatic rings. The van der Waals surface area contributed by atoms with Crippen molar-refractivity contribution in [3.8, 4) is 0 Å². The van der Waals surface area contributed by atoms with Gasteiger partial charge in [-0.05, 0) is 25.2 Å². The standard InChI is InChI=1S/C23H43N5O2/c1-4-18(5-2)21(27-12-14-30-15-13-27)16-25-23(24-3)26-20-10-11-28(17-20)22(29)19-8-6-7-9-19/h18-21H,4-17H2,1-3H3,(H2,24,25,26). The van der Waals surface area contributed by atoms with Gasteiger partial charge in [-0.2, -0.15) is 0 Å². The summed E-state index contributed by atoms with van der Waals surface area (Å²) in [5.74, 6) is 2.18. The molecule has 2 heterocycles. The normalized spacial score (nSPS) is 25.1. The van der Waals surface area contributed by atoms with Gasteiger partial charge >= 0.3 is 0 Å². The SMILES string of the molecule is CCC(CC)C(CNC(=NC)NC1CCN(C(=O)C2CCCC2)C1)N1CCOCC1. The highest BCUT2D eigenvalue weighted by Gasteiger charge is 2.33. The number of amides is 1. The monoisotopic (exact) mass is 421 g/mol. The molecule has 0 aromatic heterocycles. The lowest BCUT2D eigenvalue weighted by atomic mass is 9.92. The summed E-state index contributed by atoms with van der Waals surface area (Å²) in [6.45, 7) is 10.8. The number of aliphatic imine (C=N–C) groups is 1. The summed E-state index contributed by atoms with van der Waals surface area (Å²) < 4.78 is 5.57. The van der Waals surface area contributed by atoms with E-state index in [1.165, 1.54) is 25.7 Å². The Kier molecular flexibility index (Phi) is 9.25. The molecule has 2 aliphatic heterocycles. The molecule has 0 spiro atoms. The van der Waals surface area contributed by atoms with Crippen LogP contribution in [0.1, 0.15) is 58.8 Å². The highest BCUT2D eigenvalue weighted by molar-refractivity contribution is 5.81. The molecule has 3 fully saturated rings. The van der Waals surface area contributed by atoms with Crippen molar-refractivity contribution < 1.29 is 9.53 Å². The second-order valence-electron chi connectivity index (χ2n) is 9.14. The summed E-state index contributed by atoms with van der Waals surface area (Å²) in [6.07, 6.45) is 7.95. The Hall–Kier alpha value is -1.34. The van der Waals surface area contributed by atoms with E-state index in [-0.39, 0.29) is 12.0 Å². The van der Waals surface area contributed by atoms with E-state index in [0.717, 1.165) is 71.2 Å². The average Bonchev–Trinajstić information content (AvgIpc) is 3.48. The molecule has 7 heteroatoms. The van der Waals surface area contributed by atoms with Gasteiger partial charge in [0.25, 0.3) is 0 Å². The van der Waals surface area contributed by atoms with Crippen molar-refractivity contribution in [2.45, 2.75) is 70.9 Å². The van der Waals surface area contributed by atoms with E-state index in [1.54, 1.807) is 0 Å². The van der Waals surface area contributed by atoms with Gasteiger partial charge in [-0.15, -0.1) is 0 Å². The van der Waals surface area contributed by atoms with Gasteiger partial charge in [-0.3, -0.25) is 14.7 Å². The molecule has 0 radical (unpaired) electrons. The molecule has 172 valence electrons. The van der Waals surface area contributed by atoms with E-state index in [2.05, 4.69) is 39.3 Å². The molecular formula is C23H43N5O2. The number of hydrogen-bond acceptors (Lipinski definition) is 4. The molecule has 2 atom stereocenters. The van der Waals surface area contributed by atoms with Crippen molar-refractivity contribution >= 4 is 11.9 Å². The Bertz CT molecular complexity index is 554. The largest absolute Gasteiger partial charge is 0.379 e. The molecule has 3 aliphatic rings. The van der Waals surface area contributed by atoms with Crippen molar-refractivity contribution in [1.82, 2.24) is 20.4 Å². The highest BCUT2D eigenvalue weighted by atomic mass is 16.5. The van der Waals surface area contributed by atoms with Crippen LogP contribution >= 0.6 is 0 Å². The third kappa shape index (κ3) is 6.10. The third-order valence-electron chi connectivity index (χ3n) is 7.36. The van der Waals surface area contributed by atoms with Gasteiger partial charge in [0.15, 0.2) is 5.96 Å². The lowest BCUT2D eigenvalue weighted by Crippen LogP contribution is -2.54. The molecular weight excluding hydrogens is 378 g/mol. The van der Waals surface area contributed by atoms with E-state index in [9.17, 15) is 4.79 Å². The Morgan fingerprint density at radius 2 is 1.80 bits per heavy atom. The van der Waals surface area contributed by atoms with Crippen molar-refractivity contribution in [2.75, 3.05) is 53.0 Å². The summed E-state index contributed by atoms with van der Waals surface area (Å²) in [6, 6.07) is 0.781. The Labute approximate surface area is 183 Å². The molecule has 30 heavy (non-hydrogen) atoms. The van der Waals surface area contributed by atoms with Crippen LogP contribution in [0.2, 0.25) is 0 Å². The van der Waals surface area contributed by atoms with Crippen LogP contribution in [0.3, 0.4) is 0 Å². The topological polar surface area (TPSA) is 69.2 Å². The first-order chi connectivity index (χ1) is 14.7. The number of carbonyl (C=O) groups excluding carboxylic acids is 1. The van der Waals surface area contributed by atoms with Crippen LogP contribution in [0.15, 0.2) is 4.99 Å². The molecule has 2 N–H and O–H groups in total. The number of ether oxygens (including phenoxy) is 1. The van der Waals surface area contributed by atoms with E-state index < -0.39 is 0 Å².